The van der Waals surface area contributed by atoms with Gasteiger partial charge >= 0.3 is 5.97 Å². The predicted molar refractivity (Wildman–Crippen MR) is 91.7 cm³/mol. The lowest BCUT2D eigenvalue weighted by molar-refractivity contribution is -0.118. The van der Waals surface area contributed by atoms with Crippen LogP contribution in [-0.4, -0.2) is 36.6 Å². The van der Waals surface area contributed by atoms with E-state index in [0.717, 1.165) is 0 Å². The third-order valence-corrected chi connectivity index (χ3v) is 3.82. The molecule has 1 heterocycles. The van der Waals surface area contributed by atoms with E-state index in [-0.39, 0.29) is 36.3 Å². The fourth-order valence-corrected chi connectivity index (χ4v) is 2.53. The summed E-state index contributed by atoms with van der Waals surface area (Å²) in [5.41, 5.74) is 1.53. The minimum Gasteiger partial charge on any atom is -0.496 e. The van der Waals surface area contributed by atoms with Gasteiger partial charge in [0.15, 0.2) is 6.61 Å². The first-order valence-electron chi connectivity index (χ1n) is 7.73. The number of carboxylic acids is 1. The van der Waals surface area contributed by atoms with E-state index in [1.54, 1.807) is 30.3 Å². The summed E-state index contributed by atoms with van der Waals surface area (Å²) in [6.07, 6.45) is 0. The zero-order valence-electron chi connectivity index (χ0n) is 13.9. The Morgan fingerprint density at radius 3 is 2.81 bits per heavy atom. The Bertz CT molecular complexity index is 893. The van der Waals surface area contributed by atoms with Crippen molar-refractivity contribution in [3.8, 4) is 11.5 Å². The van der Waals surface area contributed by atoms with E-state index >= 15 is 0 Å². The number of carbonyl (C=O) groups is 3. The molecule has 1 aliphatic rings. The van der Waals surface area contributed by atoms with Gasteiger partial charge in [-0.2, -0.15) is 0 Å². The highest BCUT2D eigenvalue weighted by Gasteiger charge is 2.18. The molecule has 0 unspecified atom stereocenters. The average molecular weight is 356 g/mol. The number of carbonyl (C=O) groups excluding carboxylic acids is 2. The molecule has 0 aliphatic carbocycles. The van der Waals surface area contributed by atoms with E-state index in [1.165, 1.54) is 13.2 Å². The maximum absolute atomic E-state index is 12.3. The fraction of sp³-hybridized carbons (Fsp3) is 0.167. The maximum Gasteiger partial charge on any atom is 0.339 e. The Balaban J connectivity index is 1.70. The van der Waals surface area contributed by atoms with E-state index in [1.807, 2.05) is 0 Å². The van der Waals surface area contributed by atoms with Gasteiger partial charge in [-0.1, -0.05) is 6.07 Å². The summed E-state index contributed by atoms with van der Waals surface area (Å²) < 4.78 is 10.3. The Morgan fingerprint density at radius 1 is 1.27 bits per heavy atom. The van der Waals surface area contributed by atoms with Gasteiger partial charge < -0.3 is 25.2 Å². The molecule has 0 bridgehead atoms. The number of hydrogen-bond donors (Lipinski definition) is 3. The molecule has 0 spiro atoms. The quantitative estimate of drug-likeness (QED) is 0.751. The van der Waals surface area contributed by atoms with E-state index < -0.39 is 5.97 Å². The van der Waals surface area contributed by atoms with E-state index in [2.05, 4.69) is 10.6 Å². The summed E-state index contributed by atoms with van der Waals surface area (Å²) in [7, 11) is 1.39. The molecule has 2 amide bonds. The van der Waals surface area contributed by atoms with Crippen LogP contribution >= 0.6 is 0 Å². The summed E-state index contributed by atoms with van der Waals surface area (Å²) in [6.45, 7) is 0.0552. The Hall–Kier alpha value is -3.55. The van der Waals surface area contributed by atoms with Gasteiger partial charge in [-0.15, -0.1) is 0 Å². The van der Waals surface area contributed by atoms with E-state index in [9.17, 15) is 19.5 Å². The largest absolute Gasteiger partial charge is 0.496 e. The Labute approximate surface area is 148 Å². The summed E-state index contributed by atoms with van der Waals surface area (Å²) >= 11 is 0. The van der Waals surface area contributed by atoms with Crippen molar-refractivity contribution in [2.75, 3.05) is 19.0 Å². The van der Waals surface area contributed by atoms with Gasteiger partial charge in [-0.25, -0.2) is 4.79 Å². The van der Waals surface area contributed by atoms with Crippen LogP contribution in [0, 0.1) is 0 Å². The molecule has 8 nitrogen and oxygen atoms in total. The molecule has 0 fully saturated rings. The van der Waals surface area contributed by atoms with Crippen molar-refractivity contribution in [1.29, 1.82) is 0 Å². The lowest BCUT2D eigenvalue weighted by atomic mass is 10.1. The van der Waals surface area contributed by atoms with Crippen LogP contribution in [0.15, 0.2) is 36.4 Å². The van der Waals surface area contributed by atoms with Gasteiger partial charge in [-0.05, 0) is 35.9 Å². The summed E-state index contributed by atoms with van der Waals surface area (Å²) in [6, 6.07) is 9.38. The van der Waals surface area contributed by atoms with E-state index in [0.29, 0.717) is 22.6 Å². The van der Waals surface area contributed by atoms with Crippen molar-refractivity contribution >= 4 is 23.5 Å². The summed E-state index contributed by atoms with van der Waals surface area (Å²) in [5.74, 6) is -1.02. The van der Waals surface area contributed by atoms with Crippen LogP contribution in [0.3, 0.4) is 0 Å². The van der Waals surface area contributed by atoms with Crippen molar-refractivity contribution < 1.29 is 29.0 Å². The number of benzene rings is 2. The highest BCUT2D eigenvalue weighted by Crippen LogP contribution is 2.28. The van der Waals surface area contributed by atoms with Crippen LogP contribution in [0.4, 0.5) is 5.69 Å². The number of rotatable bonds is 5. The first-order valence-corrected chi connectivity index (χ1v) is 7.73. The van der Waals surface area contributed by atoms with Crippen LogP contribution in [0.5, 0.6) is 11.5 Å². The first kappa shape index (κ1) is 17.3. The normalized spacial score (nSPS) is 12.4. The minimum absolute atomic E-state index is 0.0252. The van der Waals surface area contributed by atoms with Crippen molar-refractivity contribution in [3.63, 3.8) is 0 Å². The molecule has 0 saturated carbocycles. The molecule has 26 heavy (non-hydrogen) atoms. The maximum atomic E-state index is 12.3. The zero-order valence-corrected chi connectivity index (χ0v) is 13.9. The highest BCUT2D eigenvalue weighted by atomic mass is 16.5. The first-order chi connectivity index (χ1) is 12.5. The lowest BCUT2D eigenvalue weighted by Crippen LogP contribution is -2.26. The molecule has 3 rings (SSSR count). The van der Waals surface area contributed by atoms with Crippen molar-refractivity contribution in [2.24, 2.45) is 0 Å². The molecular formula is C18H16N2O6. The third-order valence-electron chi connectivity index (χ3n) is 3.82. The topological polar surface area (TPSA) is 114 Å². The highest BCUT2D eigenvalue weighted by molar-refractivity contribution is 5.99. The summed E-state index contributed by atoms with van der Waals surface area (Å²) in [5, 5.41) is 14.6. The van der Waals surface area contributed by atoms with Crippen LogP contribution in [-0.2, 0) is 11.3 Å². The third kappa shape index (κ3) is 3.59. The van der Waals surface area contributed by atoms with Gasteiger partial charge in [0.05, 0.1) is 12.8 Å². The van der Waals surface area contributed by atoms with Gasteiger partial charge in [-0.3, -0.25) is 9.59 Å². The standard InChI is InChI=1S/C18H16N2O6/c1-25-14-5-2-10(6-12(14)18(23)24)8-19-17(22)11-3-4-13-15(7-11)26-9-16(21)20-13/h2-7H,8-9H2,1H3,(H,19,22)(H,20,21)(H,23,24). The van der Waals surface area contributed by atoms with Gasteiger partial charge in [0.1, 0.15) is 17.1 Å². The van der Waals surface area contributed by atoms with E-state index in [4.69, 9.17) is 9.47 Å². The van der Waals surface area contributed by atoms with Gasteiger partial charge in [0, 0.05) is 12.1 Å². The average Bonchev–Trinajstić information content (AvgIpc) is 2.65. The number of anilines is 1. The van der Waals surface area contributed by atoms with Gasteiger partial charge in [0.2, 0.25) is 0 Å². The molecule has 2 aromatic carbocycles. The molecule has 134 valence electrons. The summed E-state index contributed by atoms with van der Waals surface area (Å²) in [4.78, 5) is 34.8. The van der Waals surface area contributed by atoms with Crippen LogP contribution in [0.2, 0.25) is 0 Å². The predicted octanol–water partition coefficient (Wildman–Crippen LogP) is 1.65. The van der Waals surface area contributed by atoms with Crippen molar-refractivity contribution in [2.45, 2.75) is 6.54 Å². The lowest BCUT2D eigenvalue weighted by Gasteiger charge is -2.18. The number of carboxylic acid groups (broad SMARTS) is 1. The molecule has 2 aromatic rings. The molecule has 3 N–H and O–H groups in total. The van der Waals surface area contributed by atoms with Crippen LogP contribution < -0.4 is 20.1 Å². The van der Waals surface area contributed by atoms with Crippen molar-refractivity contribution in [3.05, 3.63) is 53.1 Å². The minimum atomic E-state index is -1.11. The zero-order chi connectivity index (χ0) is 18.7. The number of nitrogens with one attached hydrogen (secondary N) is 2. The second kappa shape index (κ2) is 7.14. The SMILES string of the molecule is COc1ccc(CNC(=O)c2ccc3c(c2)OCC(=O)N3)cc1C(=O)O. The number of ether oxygens (including phenoxy) is 2. The number of methoxy groups -OCH3 is 1. The monoisotopic (exact) mass is 356 g/mol. The molecule has 0 atom stereocenters. The molecular weight excluding hydrogens is 340 g/mol. The Morgan fingerprint density at radius 2 is 2.08 bits per heavy atom. The Kier molecular flexibility index (Phi) is 4.74. The second-order valence-electron chi connectivity index (χ2n) is 5.57. The van der Waals surface area contributed by atoms with Crippen LogP contribution in [0.1, 0.15) is 26.3 Å². The molecule has 1 aliphatic heterocycles. The van der Waals surface area contributed by atoms with Crippen molar-refractivity contribution in [1.82, 2.24) is 5.32 Å². The second-order valence-corrected chi connectivity index (χ2v) is 5.57. The van der Waals surface area contributed by atoms with Crippen LogP contribution in [0.25, 0.3) is 0 Å². The molecule has 0 aromatic heterocycles. The van der Waals surface area contributed by atoms with Gasteiger partial charge in [0.25, 0.3) is 11.8 Å². The number of amides is 2. The number of fused-ring (bicyclic) bond motifs is 1. The molecule has 0 radical (unpaired) electrons. The molecule has 0 saturated heterocycles. The molecule has 8 heteroatoms. The number of hydrogen-bond acceptors (Lipinski definition) is 5. The number of aromatic carboxylic acids is 1. The smallest absolute Gasteiger partial charge is 0.339 e. The fourth-order valence-electron chi connectivity index (χ4n) is 2.53.